The number of aryl methyl sites for hydroxylation is 1. The number of rotatable bonds is 11. The van der Waals surface area contributed by atoms with Crippen molar-refractivity contribution in [2.45, 2.75) is 45.3 Å². The maximum absolute atomic E-state index is 12.5. The fourth-order valence-electron chi connectivity index (χ4n) is 4.15. The SMILES string of the molecule is COC(=O)CCCCC(=O)N1CCN(CC(OCc2cccc(C)c2)c2ccc(Cl)cc2)CC1. The molecule has 1 aliphatic rings. The van der Waals surface area contributed by atoms with E-state index in [0.717, 1.165) is 30.8 Å². The van der Waals surface area contributed by atoms with Crippen LogP contribution in [0.2, 0.25) is 5.02 Å². The molecule has 0 saturated carbocycles. The molecule has 0 aromatic heterocycles. The van der Waals surface area contributed by atoms with Crippen LogP contribution in [0.1, 0.15) is 48.5 Å². The smallest absolute Gasteiger partial charge is 0.305 e. The van der Waals surface area contributed by atoms with Gasteiger partial charge in [0.05, 0.1) is 19.8 Å². The van der Waals surface area contributed by atoms with Gasteiger partial charge in [0, 0.05) is 50.6 Å². The van der Waals surface area contributed by atoms with Crippen LogP contribution >= 0.6 is 11.6 Å². The van der Waals surface area contributed by atoms with E-state index in [0.29, 0.717) is 50.4 Å². The lowest BCUT2D eigenvalue weighted by molar-refractivity contribution is -0.141. The molecule has 0 N–H and O–H groups in total. The first-order chi connectivity index (χ1) is 16.4. The normalized spacial score (nSPS) is 15.2. The lowest BCUT2D eigenvalue weighted by atomic mass is 10.1. The molecule has 0 aliphatic carbocycles. The van der Waals surface area contributed by atoms with Crippen molar-refractivity contribution in [2.75, 3.05) is 39.8 Å². The van der Waals surface area contributed by atoms with Gasteiger partial charge < -0.3 is 14.4 Å². The molecule has 1 heterocycles. The highest BCUT2D eigenvalue weighted by molar-refractivity contribution is 6.30. The summed E-state index contributed by atoms with van der Waals surface area (Å²) in [5.41, 5.74) is 3.47. The monoisotopic (exact) mass is 486 g/mol. The van der Waals surface area contributed by atoms with E-state index in [2.05, 4.69) is 40.8 Å². The van der Waals surface area contributed by atoms with Gasteiger partial charge in [-0.05, 0) is 43.0 Å². The highest BCUT2D eigenvalue weighted by Gasteiger charge is 2.24. The maximum Gasteiger partial charge on any atom is 0.305 e. The molecule has 34 heavy (non-hydrogen) atoms. The van der Waals surface area contributed by atoms with Crippen molar-refractivity contribution in [1.29, 1.82) is 0 Å². The van der Waals surface area contributed by atoms with Crippen molar-refractivity contribution in [2.24, 2.45) is 0 Å². The number of unbranched alkanes of at least 4 members (excludes halogenated alkanes) is 1. The first kappa shape index (κ1) is 26.2. The molecule has 1 saturated heterocycles. The van der Waals surface area contributed by atoms with Crippen molar-refractivity contribution < 1.29 is 19.1 Å². The Bertz CT molecular complexity index is 926. The van der Waals surface area contributed by atoms with Crippen LogP contribution in [0.5, 0.6) is 0 Å². The van der Waals surface area contributed by atoms with E-state index >= 15 is 0 Å². The second-order valence-corrected chi connectivity index (χ2v) is 9.24. The Morgan fingerprint density at radius 3 is 2.38 bits per heavy atom. The first-order valence-corrected chi connectivity index (χ1v) is 12.3. The van der Waals surface area contributed by atoms with E-state index in [9.17, 15) is 9.59 Å². The Kier molecular flexibility index (Phi) is 10.4. The summed E-state index contributed by atoms with van der Waals surface area (Å²) in [5.74, 6) is -0.0598. The number of carbonyl (C=O) groups is 2. The fraction of sp³-hybridized carbons (Fsp3) is 0.481. The first-order valence-electron chi connectivity index (χ1n) is 11.9. The van der Waals surface area contributed by atoms with Crippen molar-refractivity contribution >= 4 is 23.5 Å². The van der Waals surface area contributed by atoms with Crippen LogP contribution in [-0.4, -0.2) is 61.5 Å². The third kappa shape index (κ3) is 8.42. The van der Waals surface area contributed by atoms with E-state index in [-0.39, 0.29) is 18.0 Å². The number of piperazine rings is 1. The van der Waals surface area contributed by atoms with Crippen LogP contribution < -0.4 is 0 Å². The predicted molar refractivity (Wildman–Crippen MR) is 134 cm³/mol. The predicted octanol–water partition coefficient (Wildman–Crippen LogP) is 4.78. The van der Waals surface area contributed by atoms with Gasteiger partial charge in [0.2, 0.25) is 5.91 Å². The third-order valence-electron chi connectivity index (χ3n) is 6.17. The zero-order valence-electron chi connectivity index (χ0n) is 20.2. The van der Waals surface area contributed by atoms with Gasteiger partial charge in [-0.15, -0.1) is 0 Å². The minimum atomic E-state index is -0.221. The molecule has 1 unspecified atom stereocenters. The molecule has 2 aromatic carbocycles. The number of hydrogen-bond acceptors (Lipinski definition) is 5. The maximum atomic E-state index is 12.5. The summed E-state index contributed by atoms with van der Waals surface area (Å²) in [4.78, 5) is 28.0. The van der Waals surface area contributed by atoms with Crippen LogP contribution in [0.3, 0.4) is 0 Å². The summed E-state index contributed by atoms with van der Waals surface area (Å²) in [6.45, 7) is 6.42. The molecule has 6 nitrogen and oxygen atoms in total. The number of nitrogens with zero attached hydrogens (tertiary/aromatic N) is 2. The van der Waals surface area contributed by atoms with Crippen molar-refractivity contribution in [3.8, 4) is 0 Å². The molecule has 7 heteroatoms. The van der Waals surface area contributed by atoms with E-state index < -0.39 is 0 Å². The van der Waals surface area contributed by atoms with Crippen LogP contribution in [-0.2, 0) is 25.7 Å². The largest absolute Gasteiger partial charge is 0.469 e. The Labute approximate surface area is 207 Å². The standard InChI is InChI=1S/C27H35ClN2O4/c1-21-6-5-7-22(18-21)20-34-25(23-10-12-24(28)13-11-23)19-29-14-16-30(17-15-29)26(31)8-3-4-9-27(32)33-2/h5-7,10-13,18,25H,3-4,8-9,14-17,19-20H2,1-2H3. The Balaban J connectivity index is 1.50. The van der Waals surface area contributed by atoms with Gasteiger partial charge in [-0.2, -0.15) is 0 Å². The molecular formula is C27H35ClN2O4. The number of ether oxygens (including phenoxy) is 2. The molecule has 184 valence electrons. The van der Waals surface area contributed by atoms with Crippen molar-refractivity contribution in [1.82, 2.24) is 9.80 Å². The fourth-order valence-corrected chi connectivity index (χ4v) is 4.28. The molecular weight excluding hydrogens is 452 g/mol. The second kappa shape index (κ2) is 13.5. The number of esters is 1. The third-order valence-corrected chi connectivity index (χ3v) is 6.43. The summed E-state index contributed by atoms with van der Waals surface area (Å²) in [7, 11) is 1.39. The molecule has 1 fully saturated rings. The van der Waals surface area contributed by atoms with E-state index in [1.165, 1.54) is 12.7 Å². The zero-order chi connectivity index (χ0) is 24.3. The molecule has 0 radical (unpaired) electrons. The Morgan fingerprint density at radius 1 is 1.00 bits per heavy atom. The quantitative estimate of drug-likeness (QED) is 0.338. The Morgan fingerprint density at radius 2 is 1.71 bits per heavy atom. The average Bonchev–Trinajstić information content (AvgIpc) is 2.85. The lowest BCUT2D eigenvalue weighted by Gasteiger charge is -2.36. The molecule has 0 bridgehead atoms. The second-order valence-electron chi connectivity index (χ2n) is 8.80. The summed E-state index contributed by atoms with van der Waals surface area (Å²) in [6, 6.07) is 16.2. The highest BCUT2D eigenvalue weighted by atomic mass is 35.5. The van der Waals surface area contributed by atoms with E-state index in [1.54, 1.807) is 0 Å². The number of amides is 1. The molecule has 2 aromatic rings. The van der Waals surface area contributed by atoms with Crippen LogP contribution in [0.4, 0.5) is 0 Å². The summed E-state index contributed by atoms with van der Waals surface area (Å²) < 4.78 is 11.0. The topological polar surface area (TPSA) is 59.1 Å². The van der Waals surface area contributed by atoms with Gasteiger partial charge in [-0.25, -0.2) is 0 Å². The average molecular weight is 487 g/mol. The molecule has 1 amide bonds. The minimum absolute atomic E-state index is 0.0849. The van der Waals surface area contributed by atoms with Gasteiger partial charge in [0.25, 0.3) is 0 Å². The van der Waals surface area contributed by atoms with E-state index in [4.69, 9.17) is 16.3 Å². The van der Waals surface area contributed by atoms with Crippen LogP contribution in [0.25, 0.3) is 0 Å². The van der Waals surface area contributed by atoms with Gasteiger partial charge in [-0.3, -0.25) is 14.5 Å². The zero-order valence-corrected chi connectivity index (χ0v) is 20.9. The highest BCUT2D eigenvalue weighted by Crippen LogP contribution is 2.23. The number of carbonyl (C=O) groups excluding carboxylic acids is 2. The van der Waals surface area contributed by atoms with Crippen LogP contribution in [0, 0.1) is 6.92 Å². The summed E-state index contributed by atoms with van der Waals surface area (Å²) >= 11 is 6.10. The molecule has 3 rings (SSSR count). The number of hydrogen-bond donors (Lipinski definition) is 0. The van der Waals surface area contributed by atoms with Crippen molar-refractivity contribution in [3.05, 3.63) is 70.2 Å². The summed E-state index contributed by atoms with van der Waals surface area (Å²) in [5, 5.41) is 0.708. The number of methoxy groups -OCH3 is 1. The van der Waals surface area contributed by atoms with E-state index in [1.807, 2.05) is 29.2 Å². The van der Waals surface area contributed by atoms with Gasteiger partial charge in [0.15, 0.2) is 0 Å². The van der Waals surface area contributed by atoms with Gasteiger partial charge in [0.1, 0.15) is 0 Å². The Hall–Kier alpha value is -2.41. The van der Waals surface area contributed by atoms with Gasteiger partial charge >= 0.3 is 5.97 Å². The molecule has 1 atom stereocenters. The molecule has 0 spiro atoms. The minimum Gasteiger partial charge on any atom is -0.469 e. The lowest BCUT2D eigenvalue weighted by Crippen LogP contribution is -2.49. The number of benzene rings is 2. The molecule has 1 aliphatic heterocycles. The van der Waals surface area contributed by atoms with Crippen molar-refractivity contribution in [3.63, 3.8) is 0 Å². The van der Waals surface area contributed by atoms with Crippen LogP contribution in [0.15, 0.2) is 48.5 Å². The van der Waals surface area contributed by atoms with Gasteiger partial charge in [-0.1, -0.05) is 53.6 Å². The number of halogens is 1. The summed E-state index contributed by atoms with van der Waals surface area (Å²) in [6.07, 6.45) is 2.15.